The van der Waals surface area contributed by atoms with Crippen LogP contribution < -0.4 is 9.47 Å². The second-order valence-corrected chi connectivity index (χ2v) is 10.7. The molecule has 1 amide bonds. The van der Waals surface area contributed by atoms with Gasteiger partial charge >= 0.3 is 0 Å². The van der Waals surface area contributed by atoms with E-state index < -0.39 is 10.0 Å². The van der Waals surface area contributed by atoms with Crippen LogP contribution in [0.2, 0.25) is 0 Å². The number of thiophene rings is 1. The number of nitrogens with zero attached hydrogens (tertiary/aromatic N) is 2. The van der Waals surface area contributed by atoms with E-state index in [2.05, 4.69) is 6.58 Å². The number of hydrogen-bond donors (Lipinski definition) is 0. The number of carbonyl (C=O) groups is 1. The van der Waals surface area contributed by atoms with Gasteiger partial charge in [0.05, 0.1) is 18.0 Å². The second kappa shape index (κ2) is 10.9. The summed E-state index contributed by atoms with van der Waals surface area (Å²) in [6, 6.07) is 17.6. The maximum Gasteiger partial charge on any atom is 0.243 e. The molecule has 0 spiro atoms. The first-order valence-corrected chi connectivity index (χ1v) is 13.1. The average Bonchev–Trinajstić information content (AvgIpc) is 3.37. The molecule has 0 atom stereocenters. The zero-order valence-corrected chi connectivity index (χ0v) is 20.3. The number of sulfonamides is 1. The highest BCUT2D eigenvalue weighted by Gasteiger charge is 2.30. The third-order valence-corrected chi connectivity index (χ3v) is 7.94. The van der Waals surface area contributed by atoms with Gasteiger partial charge in [0.2, 0.25) is 15.9 Å². The normalized spacial score (nSPS) is 13.0. The van der Waals surface area contributed by atoms with Crippen LogP contribution in [0.5, 0.6) is 11.5 Å². The van der Waals surface area contributed by atoms with Gasteiger partial charge in [0.25, 0.3) is 0 Å². The third-order valence-electron chi connectivity index (χ3n) is 5.29. The van der Waals surface area contributed by atoms with Crippen LogP contribution in [0.4, 0.5) is 0 Å². The second-order valence-electron chi connectivity index (χ2n) is 7.71. The van der Waals surface area contributed by atoms with Gasteiger partial charge in [-0.2, -0.15) is 4.31 Å². The molecule has 0 saturated carbocycles. The Bertz CT molecular complexity index is 1230. The van der Waals surface area contributed by atoms with Crippen LogP contribution >= 0.6 is 11.3 Å². The lowest BCUT2D eigenvalue weighted by Crippen LogP contribution is -2.42. The van der Waals surface area contributed by atoms with Crippen molar-refractivity contribution in [2.45, 2.75) is 18.0 Å². The van der Waals surface area contributed by atoms with Gasteiger partial charge in [-0.05, 0) is 29.1 Å². The Kier molecular flexibility index (Phi) is 7.66. The fourth-order valence-corrected chi connectivity index (χ4v) is 5.71. The number of rotatable bonds is 10. The summed E-state index contributed by atoms with van der Waals surface area (Å²) in [5.74, 6) is 0.582. The molecule has 34 heavy (non-hydrogen) atoms. The first-order chi connectivity index (χ1) is 16.5. The maximum atomic E-state index is 13.7. The summed E-state index contributed by atoms with van der Waals surface area (Å²) in [4.78, 5) is 16.0. The molecular formula is C25H26N2O5S2. The Morgan fingerprint density at radius 1 is 1.00 bits per heavy atom. The molecule has 1 aliphatic rings. The number of hydrogen-bond acceptors (Lipinski definition) is 6. The topological polar surface area (TPSA) is 76.2 Å². The third kappa shape index (κ3) is 5.67. The molecule has 0 radical (unpaired) electrons. The minimum Gasteiger partial charge on any atom is -0.486 e. The number of fused-ring (bicyclic) bond motifs is 1. The molecular weight excluding hydrogens is 472 g/mol. The fraction of sp³-hybridized carbons (Fsp3) is 0.240. The van der Waals surface area contributed by atoms with E-state index in [0.717, 1.165) is 10.4 Å². The summed E-state index contributed by atoms with van der Waals surface area (Å²) < 4.78 is 39.7. The molecule has 1 aromatic heterocycles. The standard InChI is InChI=1S/C25H26N2O5S2/c1-2-12-26(18-21-9-6-15-33-21)25(28)19-27(17-20-7-4-3-5-8-20)34(29,30)22-10-11-23-24(16-22)32-14-13-31-23/h2-11,15-16H,1,12-14,17-19H2. The van der Waals surface area contributed by atoms with E-state index >= 15 is 0 Å². The van der Waals surface area contributed by atoms with Crippen molar-refractivity contribution in [3.63, 3.8) is 0 Å². The van der Waals surface area contributed by atoms with Crippen molar-refractivity contribution in [2.24, 2.45) is 0 Å². The van der Waals surface area contributed by atoms with E-state index in [4.69, 9.17) is 9.47 Å². The summed E-state index contributed by atoms with van der Waals surface area (Å²) in [7, 11) is -4.01. The molecule has 0 unspecified atom stereocenters. The van der Waals surface area contributed by atoms with Gasteiger partial charge in [0, 0.05) is 24.0 Å². The molecule has 1 aliphatic heterocycles. The van der Waals surface area contributed by atoms with Gasteiger partial charge in [-0.25, -0.2) is 8.42 Å². The molecule has 2 heterocycles. The van der Waals surface area contributed by atoms with Gasteiger partial charge in [0.1, 0.15) is 13.2 Å². The summed E-state index contributed by atoms with van der Waals surface area (Å²) in [6.45, 7) is 4.98. The highest BCUT2D eigenvalue weighted by Crippen LogP contribution is 2.33. The summed E-state index contributed by atoms with van der Waals surface area (Å²) in [5, 5.41) is 1.94. The lowest BCUT2D eigenvalue weighted by molar-refractivity contribution is -0.131. The predicted octanol–water partition coefficient (Wildman–Crippen LogP) is 3.93. The number of carbonyl (C=O) groups excluding carboxylic acids is 1. The van der Waals surface area contributed by atoms with Gasteiger partial charge in [0.15, 0.2) is 11.5 Å². The molecule has 2 aromatic carbocycles. The number of ether oxygens (including phenoxy) is 2. The lowest BCUT2D eigenvalue weighted by atomic mass is 10.2. The van der Waals surface area contributed by atoms with Gasteiger partial charge < -0.3 is 14.4 Å². The van der Waals surface area contributed by atoms with E-state index in [1.54, 1.807) is 28.4 Å². The van der Waals surface area contributed by atoms with E-state index in [1.807, 2.05) is 47.8 Å². The summed E-state index contributed by atoms with van der Waals surface area (Å²) >= 11 is 1.55. The lowest BCUT2D eigenvalue weighted by Gasteiger charge is -2.27. The fourth-order valence-electron chi connectivity index (χ4n) is 3.60. The summed E-state index contributed by atoms with van der Waals surface area (Å²) in [6.07, 6.45) is 1.64. The number of benzene rings is 2. The van der Waals surface area contributed by atoms with Crippen LogP contribution in [0.15, 0.2) is 83.6 Å². The highest BCUT2D eigenvalue weighted by atomic mass is 32.2. The molecule has 0 saturated heterocycles. The smallest absolute Gasteiger partial charge is 0.243 e. The number of amides is 1. The van der Waals surface area contributed by atoms with E-state index in [9.17, 15) is 13.2 Å². The zero-order valence-electron chi connectivity index (χ0n) is 18.6. The van der Waals surface area contributed by atoms with Crippen LogP contribution in [0.25, 0.3) is 0 Å². The predicted molar refractivity (Wildman–Crippen MR) is 131 cm³/mol. The van der Waals surface area contributed by atoms with Crippen LogP contribution in [-0.4, -0.2) is 49.8 Å². The van der Waals surface area contributed by atoms with Crippen molar-refractivity contribution in [1.82, 2.24) is 9.21 Å². The maximum absolute atomic E-state index is 13.7. The Labute approximate surface area is 203 Å². The van der Waals surface area contributed by atoms with Gasteiger partial charge in [-0.15, -0.1) is 17.9 Å². The Hall–Kier alpha value is -3.14. The molecule has 0 aliphatic carbocycles. The minimum absolute atomic E-state index is 0.0500. The first kappa shape index (κ1) is 24.0. The van der Waals surface area contributed by atoms with Crippen molar-refractivity contribution in [2.75, 3.05) is 26.3 Å². The van der Waals surface area contributed by atoms with Gasteiger partial charge in [-0.1, -0.05) is 42.5 Å². The van der Waals surface area contributed by atoms with Crippen molar-refractivity contribution in [3.05, 3.63) is 89.1 Å². The SMILES string of the molecule is C=CCN(Cc1cccs1)C(=O)CN(Cc1ccccc1)S(=O)(=O)c1ccc2c(c1)OCCO2. The largest absolute Gasteiger partial charge is 0.486 e. The Morgan fingerprint density at radius 2 is 1.76 bits per heavy atom. The Balaban J connectivity index is 1.63. The van der Waals surface area contributed by atoms with Crippen molar-refractivity contribution < 1.29 is 22.7 Å². The molecule has 3 aromatic rings. The molecule has 4 rings (SSSR count). The van der Waals surface area contributed by atoms with Crippen molar-refractivity contribution >= 4 is 27.3 Å². The minimum atomic E-state index is -4.01. The average molecular weight is 499 g/mol. The highest BCUT2D eigenvalue weighted by molar-refractivity contribution is 7.89. The van der Waals surface area contributed by atoms with Crippen LogP contribution in [0, 0.1) is 0 Å². The van der Waals surface area contributed by atoms with Crippen LogP contribution in [0.1, 0.15) is 10.4 Å². The molecule has 9 heteroatoms. The molecule has 178 valence electrons. The Morgan fingerprint density at radius 3 is 2.47 bits per heavy atom. The zero-order chi connectivity index (χ0) is 24.0. The van der Waals surface area contributed by atoms with Gasteiger partial charge in [-0.3, -0.25) is 4.79 Å². The van der Waals surface area contributed by atoms with Crippen LogP contribution in [0.3, 0.4) is 0 Å². The molecule has 0 fully saturated rings. The monoisotopic (exact) mass is 498 g/mol. The van der Waals surface area contributed by atoms with E-state index in [-0.39, 0.29) is 23.9 Å². The van der Waals surface area contributed by atoms with E-state index in [1.165, 1.54) is 16.4 Å². The van der Waals surface area contributed by atoms with Crippen molar-refractivity contribution in [3.8, 4) is 11.5 Å². The first-order valence-electron chi connectivity index (χ1n) is 10.8. The molecule has 0 bridgehead atoms. The molecule has 0 N–H and O–H groups in total. The summed E-state index contributed by atoms with van der Waals surface area (Å²) in [5.41, 5.74) is 0.782. The quantitative estimate of drug-likeness (QED) is 0.396. The van der Waals surface area contributed by atoms with Crippen molar-refractivity contribution in [1.29, 1.82) is 0 Å². The molecule has 7 nitrogen and oxygen atoms in total. The van der Waals surface area contributed by atoms with Crippen LogP contribution in [-0.2, 0) is 27.9 Å². The van der Waals surface area contributed by atoms with E-state index in [0.29, 0.717) is 37.8 Å².